The zero-order valence-electron chi connectivity index (χ0n) is 9.98. The first-order chi connectivity index (χ1) is 8.40. The Hall–Kier alpha value is -1.11. The van der Waals surface area contributed by atoms with Gasteiger partial charge in [-0.1, -0.05) is 11.6 Å². The topological polar surface area (TPSA) is 35.8 Å². The van der Waals surface area contributed by atoms with Crippen molar-refractivity contribution in [1.29, 1.82) is 5.26 Å². The van der Waals surface area contributed by atoms with Gasteiger partial charge in [-0.2, -0.15) is 16.6 Å². The molecule has 0 bridgehead atoms. The number of nitriles is 1. The van der Waals surface area contributed by atoms with Crippen LogP contribution in [-0.4, -0.2) is 6.54 Å². The SMILES string of the molecule is N#CC(NCCC1=CCCCC1)c1ccsc1. The van der Waals surface area contributed by atoms with Gasteiger partial charge in [0.15, 0.2) is 0 Å². The zero-order chi connectivity index (χ0) is 11.9. The van der Waals surface area contributed by atoms with E-state index in [9.17, 15) is 0 Å². The van der Waals surface area contributed by atoms with E-state index < -0.39 is 0 Å². The van der Waals surface area contributed by atoms with E-state index in [2.05, 4.69) is 17.5 Å². The minimum Gasteiger partial charge on any atom is -0.298 e. The molecule has 90 valence electrons. The van der Waals surface area contributed by atoms with Crippen molar-refractivity contribution in [2.24, 2.45) is 0 Å². The van der Waals surface area contributed by atoms with Gasteiger partial charge >= 0.3 is 0 Å². The highest BCUT2D eigenvalue weighted by Crippen LogP contribution is 2.20. The Morgan fingerprint density at radius 3 is 3.06 bits per heavy atom. The van der Waals surface area contributed by atoms with E-state index in [1.54, 1.807) is 16.9 Å². The highest BCUT2D eigenvalue weighted by atomic mass is 32.1. The monoisotopic (exact) mass is 246 g/mol. The molecule has 0 radical (unpaired) electrons. The Bertz CT molecular complexity index is 400. The summed E-state index contributed by atoms with van der Waals surface area (Å²) in [5.41, 5.74) is 2.65. The average molecular weight is 246 g/mol. The van der Waals surface area contributed by atoms with Gasteiger partial charge in [-0.3, -0.25) is 5.32 Å². The third-order valence-electron chi connectivity index (χ3n) is 3.19. The Balaban J connectivity index is 1.77. The smallest absolute Gasteiger partial charge is 0.122 e. The van der Waals surface area contributed by atoms with Gasteiger partial charge in [0.2, 0.25) is 0 Å². The van der Waals surface area contributed by atoms with Crippen LogP contribution in [0.2, 0.25) is 0 Å². The van der Waals surface area contributed by atoms with Crippen molar-refractivity contribution in [2.45, 2.75) is 38.1 Å². The molecular weight excluding hydrogens is 228 g/mol. The Morgan fingerprint density at radius 2 is 2.41 bits per heavy atom. The van der Waals surface area contributed by atoms with Gasteiger partial charge in [0, 0.05) is 6.54 Å². The van der Waals surface area contributed by atoms with Crippen LogP contribution in [0, 0.1) is 11.3 Å². The van der Waals surface area contributed by atoms with Crippen LogP contribution in [0.15, 0.2) is 28.5 Å². The molecule has 0 saturated heterocycles. The van der Waals surface area contributed by atoms with Crippen LogP contribution in [0.3, 0.4) is 0 Å². The molecule has 0 aromatic carbocycles. The third-order valence-corrected chi connectivity index (χ3v) is 3.89. The van der Waals surface area contributed by atoms with Crippen LogP contribution in [-0.2, 0) is 0 Å². The molecule has 1 unspecified atom stereocenters. The predicted octanol–water partition coefficient (Wildman–Crippen LogP) is 3.79. The quantitative estimate of drug-likeness (QED) is 0.802. The maximum atomic E-state index is 9.11. The third kappa shape index (κ3) is 3.69. The van der Waals surface area contributed by atoms with E-state index in [4.69, 9.17) is 5.26 Å². The first kappa shape index (κ1) is 12.3. The summed E-state index contributed by atoms with van der Waals surface area (Å²) in [6.45, 7) is 0.903. The van der Waals surface area contributed by atoms with E-state index in [-0.39, 0.29) is 6.04 Å². The van der Waals surface area contributed by atoms with Crippen molar-refractivity contribution in [2.75, 3.05) is 6.54 Å². The summed E-state index contributed by atoms with van der Waals surface area (Å²) in [7, 11) is 0. The van der Waals surface area contributed by atoms with Crippen LogP contribution < -0.4 is 5.32 Å². The molecule has 0 aliphatic heterocycles. The molecule has 1 heterocycles. The number of hydrogen-bond donors (Lipinski definition) is 1. The molecule has 1 aromatic rings. The summed E-state index contributed by atoms with van der Waals surface area (Å²) < 4.78 is 0. The highest BCUT2D eigenvalue weighted by Gasteiger charge is 2.10. The van der Waals surface area contributed by atoms with Gasteiger partial charge in [-0.25, -0.2) is 0 Å². The van der Waals surface area contributed by atoms with Crippen LogP contribution in [0.1, 0.15) is 43.7 Å². The standard InChI is InChI=1S/C14H18N2S/c15-10-14(13-7-9-17-11-13)16-8-6-12-4-2-1-3-5-12/h4,7,9,11,14,16H,1-3,5-6,8H2. The molecule has 1 aliphatic carbocycles. The van der Waals surface area contributed by atoms with Crippen molar-refractivity contribution in [3.8, 4) is 6.07 Å². The van der Waals surface area contributed by atoms with E-state index in [0.29, 0.717) is 0 Å². The van der Waals surface area contributed by atoms with Gasteiger partial charge in [0.05, 0.1) is 6.07 Å². The maximum absolute atomic E-state index is 9.11. The number of rotatable bonds is 5. The van der Waals surface area contributed by atoms with Crippen molar-refractivity contribution in [1.82, 2.24) is 5.32 Å². The minimum atomic E-state index is -0.148. The second-order valence-electron chi connectivity index (χ2n) is 4.43. The molecule has 1 atom stereocenters. The Labute approximate surface area is 107 Å². The zero-order valence-corrected chi connectivity index (χ0v) is 10.8. The molecule has 1 aromatic heterocycles. The van der Waals surface area contributed by atoms with Crippen molar-refractivity contribution in [3.05, 3.63) is 34.0 Å². The lowest BCUT2D eigenvalue weighted by atomic mass is 9.97. The van der Waals surface area contributed by atoms with Gasteiger partial charge in [0.1, 0.15) is 6.04 Å². The molecular formula is C14H18N2S. The van der Waals surface area contributed by atoms with Gasteiger partial charge in [-0.15, -0.1) is 0 Å². The molecule has 17 heavy (non-hydrogen) atoms. The first-order valence-electron chi connectivity index (χ1n) is 6.23. The van der Waals surface area contributed by atoms with Gasteiger partial charge in [0.25, 0.3) is 0 Å². The van der Waals surface area contributed by atoms with Crippen molar-refractivity contribution < 1.29 is 0 Å². The fourth-order valence-electron chi connectivity index (χ4n) is 2.19. The molecule has 0 amide bonds. The van der Waals surface area contributed by atoms with Gasteiger partial charge in [-0.05, 0) is 54.5 Å². The van der Waals surface area contributed by atoms with Crippen LogP contribution in [0.4, 0.5) is 0 Å². The summed E-state index contributed by atoms with van der Waals surface area (Å²) in [5, 5.41) is 16.5. The molecule has 0 fully saturated rings. The number of allylic oxidation sites excluding steroid dienone is 1. The molecule has 1 aliphatic rings. The fraction of sp³-hybridized carbons (Fsp3) is 0.500. The second-order valence-corrected chi connectivity index (χ2v) is 5.21. The lowest BCUT2D eigenvalue weighted by molar-refractivity contribution is 0.603. The predicted molar refractivity (Wildman–Crippen MR) is 71.8 cm³/mol. The number of hydrogen-bond acceptors (Lipinski definition) is 3. The van der Waals surface area contributed by atoms with Crippen molar-refractivity contribution in [3.63, 3.8) is 0 Å². The highest BCUT2D eigenvalue weighted by molar-refractivity contribution is 7.08. The summed E-state index contributed by atoms with van der Waals surface area (Å²) >= 11 is 1.64. The number of thiophene rings is 1. The average Bonchev–Trinajstić information content (AvgIpc) is 2.90. The summed E-state index contributed by atoms with van der Waals surface area (Å²) in [6, 6.07) is 4.19. The molecule has 0 saturated carbocycles. The Kier molecular flexibility index (Phi) is 4.78. The van der Waals surface area contributed by atoms with Crippen LogP contribution >= 0.6 is 11.3 Å². The molecule has 0 spiro atoms. The van der Waals surface area contributed by atoms with E-state index in [0.717, 1.165) is 18.5 Å². The maximum Gasteiger partial charge on any atom is 0.122 e. The van der Waals surface area contributed by atoms with Crippen LogP contribution in [0.25, 0.3) is 0 Å². The number of nitrogens with one attached hydrogen (secondary N) is 1. The first-order valence-corrected chi connectivity index (χ1v) is 7.17. The van der Waals surface area contributed by atoms with Crippen LogP contribution in [0.5, 0.6) is 0 Å². The van der Waals surface area contributed by atoms with Gasteiger partial charge < -0.3 is 0 Å². The summed E-state index contributed by atoms with van der Waals surface area (Å²) in [4.78, 5) is 0. The fourth-order valence-corrected chi connectivity index (χ4v) is 2.87. The second kappa shape index (κ2) is 6.58. The molecule has 2 rings (SSSR count). The lowest BCUT2D eigenvalue weighted by Crippen LogP contribution is -2.21. The minimum absolute atomic E-state index is 0.148. The van der Waals surface area contributed by atoms with E-state index in [1.165, 1.54) is 25.7 Å². The largest absolute Gasteiger partial charge is 0.298 e. The Morgan fingerprint density at radius 1 is 1.47 bits per heavy atom. The van der Waals surface area contributed by atoms with E-state index in [1.807, 2.05) is 16.8 Å². The molecule has 2 nitrogen and oxygen atoms in total. The van der Waals surface area contributed by atoms with Crippen molar-refractivity contribution >= 4 is 11.3 Å². The van der Waals surface area contributed by atoms with E-state index >= 15 is 0 Å². The summed E-state index contributed by atoms with van der Waals surface area (Å²) in [5.74, 6) is 0. The molecule has 3 heteroatoms. The lowest BCUT2D eigenvalue weighted by Gasteiger charge is -2.14. The summed E-state index contributed by atoms with van der Waals surface area (Å²) in [6.07, 6.45) is 8.61. The molecule has 1 N–H and O–H groups in total. The number of nitrogens with zero attached hydrogens (tertiary/aromatic N) is 1. The normalized spacial score (nSPS) is 17.2.